The van der Waals surface area contributed by atoms with Crippen LogP contribution in [0, 0.1) is 0 Å². The molecule has 1 heterocycles. The Hall–Kier alpha value is -3.10. The standard InChI is InChI=1S/C21H25ClN2O2.C2H2O4/c22-19-8-10-20(11-9-19)26-17-21(25)24-15-13-23(14-16-24)12-4-7-18-5-2-1-3-6-18;3-1(4)2(5)6/h1-3,5-6,8-11H,4,7,12-17H2;(H,3,4)(H,5,6). The number of benzene rings is 2. The van der Waals surface area contributed by atoms with Crippen molar-refractivity contribution >= 4 is 29.4 Å². The van der Waals surface area contributed by atoms with Gasteiger partial charge in [-0.2, -0.15) is 0 Å². The van der Waals surface area contributed by atoms with Crippen molar-refractivity contribution in [1.82, 2.24) is 9.80 Å². The van der Waals surface area contributed by atoms with Gasteiger partial charge in [-0.25, -0.2) is 9.59 Å². The Bertz CT molecular complexity index is 856. The molecule has 0 bridgehead atoms. The van der Waals surface area contributed by atoms with Crippen molar-refractivity contribution in [3.63, 3.8) is 0 Å². The van der Waals surface area contributed by atoms with Gasteiger partial charge in [-0.05, 0) is 49.2 Å². The van der Waals surface area contributed by atoms with E-state index in [2.05, 4.69) is 35.2 Å². The molecule has 1 aliphatic rings. The molecule has 0 aliphatic carbocycles. The first kappa shape index (κ1) is 25.2. The molecule has 1 aliphatic heterocycles. The third kappa shape index (κ3) is 9.36. The van der Waals surface area contributed by atoms with Crippen LogP contribution >= 0.6 is 11.6 Å². The quantitative estimate of drug-likeness (QED) is 0.609. The summed E-state index contributed by atoms with van der Waals surface area (Å²) in [4.78, 5) is 34.8. The van der Waals surface area contributed by atoms with E-state index in [9.17, 15) is 4.79 Å². The number of carbonyl (C=O) groups is 3. The van der Waals surface area contributed by atoms with Crippen LogP contribution in [0.25, 0.3) is 0 Å². The zero-order valence-corrected chi connectivity index (χ0v) is 18.4. The van der Waals surface area contributed by atoms with Crippen LogP contribution in [-0.2, 0) is 20.8 Å². The van der Waals surface area contributed by atoms with Crippen LogP contribution in [-0.4, -0.2) is 77.2 Å². The smallest absolute Gasteiger partial charge is 0.414 e. The summed E-state index contributed by atoms with van der Waals surface area (Å²) >= 11 is 5.85. The van der Waals surface area contributed by atoms with Crippen LogP contribution in [0.5, 0.6) is 5.75 Å². The van der Waals surface area contributed by atoms with Crippen molar-refractivity contribution in [3.8, 4) is 5.75 Å². The first-order valence-corrected chi connectivity index (χ1v) is 10.6. The number of piperazine rings is 1. The Morgan fingerprint density at radius 2 is 1.47 bits per heavy atom. The fraction of sp³-hybridized carbons (Fsp3) is 0.348. The lowest BCUT2D eigenvalue weighted by Gasteiger charge is -2.34. The van der Waals surface area contributed by atoms with Gasteiger partial charge in [0.2, 0.25) is 0 Å². The van der Waals surface area contributed by atoms with Gasteiger partial charge in [-0.15, -0.1) is 0 Å². The molecule has 0 radical (unpaired) electrons. The van der Waals surface area contributed by atoms with Crippen LogP contribution in [0.4, 0.5) is 0 Å². The molecule has 0 unspecified atom stereocenters. The molecule has 0 spiro atoms. The van der Waals surface area contributed by atoms with Crippen molar-refractivity contribution in [2.45, 2.75) is 12.8 Å². The highest BCUT2D eigenvalue weighted by Crippen LogP contribution is 2.15. The van der Waals surface area contributed by atoms with Gasteiger partial charge in [-0.1, -0.05) is 41.9 Å². The summed E-state index contributed by atoms with van der Waals surface area (Å²) in [6.07, 6.45) is 2.26. The molecular weight excluding hydrogens is 436 g/mol. The Morgan fingerprint density at radius 1 is 0.875 bits per heavy atom. The van der Waals surface area contributed by atoms with Crippen LogP contribution in [0.3, 0.4) is 0 Å². The molecule has 8 nitrogen and oxygen atoms in total. The van der Waals surface area contributed by atoms with Gasteiger partial charge in [0.1, 0.15) is 5.75 Å². The maximum Gasteiger partial charge on any atom is 0.414 e. The Labute approximate surface area is 192 Å². The van der Waals surface area contributed by atoms with E-state index in [1.165, 1.54) is 5.56 Å². The van der Waals surface area contributed by atoms with Crippen LogP contribution in [0.2, 0.25) is 5.02 Å². The fourth-order valence-electron chi connectivity index (χ4n) is 3.14. The second-order valence-electron chi connectivity index (χ2n) is 7.16. The van der Waals surface area contributed by atoms with Crippen molar-refractivity contribution in [1.29, 1.82) is 0 Å². The van der Waals surface area contributed by atoms with Crippen molar-refractivity contribution < 1.29 is 29.3 Å². The summed E-state index contributed by atoms with van der Waals surface area (Å²) in [5.41, 5.74) is 1.39. The average Bonchev–Trinajstić information content (AvgIpc) is 2.80. The molecule has 1 fully saturated rings. The summed E-state index contributed by atoms with van der Waals surface area (Å²) < 4.78 is 5.55. The molecule has 32 heavy (non-hydrogen) atoms. The van der Waals surface area contributed by atoms with E-state index in [1.54, 1.807) is 24.3 Å². The third-order valence-electron chi connectivity index (χ3n) is 4.87. The number of carboxylic acid groups (broad SMARTS) is 2. The van der Waals surface area contributed by atoms with E-state index in [0.717, 1.165) is 45.6 Å². The van der Waals surface area contributed by atoms with E-state index in [4.69, 9.17) is 36.1 Å². The topological polar surface area (TPSA) is 107 Å². The number of aryl methyl sites for hydroxylation is 1. The van der Waals surface area contributed by atoms with E-state index in [-0.39, 0.29) is 12.5 Å². The van der Waals surface area contributed by atoms with E-state index >= 15 is 0 Å². The summed E-state index contributed by atoms with van der Waals surface area (Å²) in [5, 5.41) is 15.4. The molecule has 1 amide bonds. The van der Waals surface area contributed by atoms with Gasteiger partial charge < -0.3 is 19.8 Å². The minimum atomic E-state index is -1.82. The molecule has 2 aromatic rings. The highest BCUT2D eigenvalue weighted by Gasteiger charge is 2.21. The Kier molecular flexibility index (Phi) is 10.5. The number of ether oxygens (including phenoxy) is 1. The predicted octanol–water partition coefficient (Wildman–Crippen LogP) is 2.65. The molecule has 2 aromatic carbocycles. The lowest BCUT2D eigenvalue weighted by atomic mass is 10.1. The molecule has 3 rings (SSSR count). The molecule has 1 saturated heterocycles. The van der Waals surface area contributed by atoms with Crippen LogP contribution in [0.15, 0.2) is 54.6 Å². The van der Waals surface area contributed by atoms with Gasteiger partial charge in [0.05, 0.1) is 0 Å². The zero-order chi connectivity index (χ0) is 23.3. The van der Waals surface area contributed by atoms with Crippen LogP contribution < -0.4 is 4.74 Å². The van der Waals surface area contributed by atoms with Crippen molar-refractivity contribution in [3.05, 3.63) is 65.2 Å². The highest BCUT2D eigenvalue weighted by atomic mass is 35.5. The lowest BCUT2D eigenvalue weighted by Crippen LogP contribution is -2.50. The fourth-order valence-corrected chi connectivity index (χ4v) is 3.27. The normalized spacial score (nSPS) is 13.6. The van der Waals surface area contributed by atoms with Gasteiger partial charge in [0, 0.05) is 31.2 Å². The number of rotatable bonds is 7. The number of nitrogens with zero attached hydrogens (tertiary/aromatic N) is 2. The van der Waals surface area contributed by atoms with E-state index < -0.39 is 11.9 Å². The first-order chi connectivity index (χ1) is 15.3. The van der Waals surface area contributed by atoms with Crippen LogP contribution in [0.1, 0.15) is 12.0 Å². The molecule has 9 heteroatoms. The molecule has 172 valence electrons. The van der Waals surface area contributed by atoms with Crippen molar-refractivity contribution in [2.24, 2.45) is 0 Å². The Balaban J connectivity index is 0.000000534. The third-order valence-corrected chi connectivity index (χ3v) is 5.12. The predicted molar refractivity (Wildman–Crippen MR) is 120 cm³/mol. The summed E-state index contributed by atoms with van der Waals surface area (Å²) in [5.74, 6) is -2.93. The SMILES string of the molecule is O=C(COc1ccc(Cl)cc1)N1CCN(CCCc2ccccc2)CC1.O=C(O)C(=O)O. The second kappa shape index (κ2) is 13.3. The lowest BCUT2D eigenvalue weighted by molar-refractivity contribution is -0.159. The van der Waals surface area contributed by atoms with Gasteiger partial charge in [0.25, 0.3) is 5.91 Å². The van der Waals surface area contributed by atoms with Gasteiger partial charge in [-0.3, -0.25) is 9.69 Å². The minimum Gasteiger partial charge on any atom is -0.484 e. The highest BCUT2D eigenvalue weighted by molar-refractivity contribution is 6.30. The van der Waals surface area contributed by atoms with Crippen molar-refractivity contribution in [2.75, 3.05) is 39.3 Å². The minimum absolute atomic E-state index is 0.0453. The van der Waals surface area contributed by atoms with E-state index in [0.29, 0.717) is 10.8 Å². The molecule has 2 N–H and O–H groups in total. The van der Waals surface area contributed by atoms with Gasteiger partial charge >= 0.3 is 11.9 Å². The second-order valence-corrected chi connectivity index (χ2v) is 7.60. The molecule has 0 atom stereocenters. The number of carboxylic acids is 2. The number of hydrogen-bond acceptors (Lipinski definition) is 5. The first-order valence-electron chi connectivity index (χ1n) is 10.2. The summed E-state index contributed by atoms with van der Waals surface area (Å²) in [6, 6.07) is 17.7. The Morgan fingerprint density at radius 3 is 2.03 bits per heavy atom. The maximum atomic E-state index is 12.3. The monoisotopic (exact) mass is 462 g/mol. The summed E-state index contributed by atoms with van der Waals surface area (Å²) in [7, 11) is 0. The molecular formula is C23H27ClN2O6. The largest absolute Gasteiger partial charge is 0.484 e. The zero-order valence-electron chi connectivity index (χ0n) is 17.7. The number of halogens is 1. The number of carbonyl (C=O) groups excluding carboxylic acids is 1. The summed E-state index contributed by atoms with van der Waals surface area (Å²) in [6.45, 7) is 4.57. The molecule has 0 saturated carbocycles. The van der Waals surface area contributed by atoms with Gasteiger partial charge in [0.15, 0.2) is 6.61 Å². The number of aliphatic carboxylic acids is 2. The maximum absolute atomic E-state index is 12.3. The number of amides is 1. The van der Waals surface area contributed by atoms with E-state index in [1.807, 2.05) is 4.90 Å². The molecule has 0 aromatic heterocycles. The number of hydrogen-bond donors (Lipinski definition) is 2. The average molecular weight is 463 g/mol.